The maximum absolute atomic E-state index is 12.8. The molecule has 0 aliphatic heterocycles. The Morgan fingerprint density at radius 1 is 0.328 bits per heavy atom. The summed E-state index contributed by atoms with van der Waals surface area (Å²) in [7, 11) is 0. The Morgan fingerprint density at radius 2 is 0.609 bits per heavy atom. The number of allylic oxidation sites excluding steroid dienone is 18. The average molecular weight is 887 g/mol. The molecule has 1 unspecified atom stereocenters. The molecule has 0 saturated carbocycles. The third-order valence-electron chi connectivity index (χ3n) is 10.4. The number of rotatable bonds is 45. The van der Waals surface area contributed by atoms with Gasteiger partial charge in [0.2, 0.25) is 0 Å². The Morgan fingerprint density at radius 3 is 0.984 bits per heavy atom. The zero-order valence-electron chi connectivity index (χ0n) is 41.3. The Labute approximate surface area is 393 Å². The number of hydrogen-bond donors (Lipinski definition) is 0. The predicted molar refractivity (Wildman–Crippen MR) is 274 cm³/mol. The standard InChI is InChI=1S/C58H94O6/c1-4-7-10-13-16-19-22-24-25-26-27-28-29-30-31-32-33-35-36-39-42-45-48-51-57(60)63-54-55(53-62-56(59)50-47-44-41-38-21-18-15-12-9-6-3)64-58(61)52-49-46-43-40-37-34-23-20-17-14-11-8-5-2/h7,10-12,14-16,19-20,23-25,27-28,30-31,33,35,55H,4-6,8-9,13,17-18,21-22,26,29,32,34,36-54H2,1-3H3/b10-7-,14-11-,15-12-,19-16-,23-20-,25-24-,28-27-,31-30-,35-33-. The second-order valence-electron chi connectivity index (χ2n) is 16.7. The molecule has 1 atom stereocenters. The van der Waals surface area contributed by atoms with Crippen LogP contribution in [0.4, 0.5) is 0 Å². The first kappa shape index (κ1) is 60.1. The van der Waals surface area contributed by atoms with Gasteiger partial charge in [-0.25, -0.2) is 0 Å². The lowest BCUT2D eigenvalue weighted by Gasteiger charge is -2.18. The SMILES string of the molecule is CC/C=C\C/C=C\C/C=C\C/C=C\C/C=C\C/C=C\CCCCCCC(=O)OCC(COC(=O)CCCCCCC/C=C\CCC)OC(=O)CCCCCCC/C=C\C/C=C\CCC. The largest absolute Gasteiger partial charge is 0.462 e. The van der Waals surface area contributed by atoms with E-state index >= 15 is 0 Å². The highest BCUT2D eigenvalue weighted by atomic mass is 16.6. The molecular weight excluding hydrogens is 793 g/mol. The summed E-state index contributed by atoms with van der Waals surface area (Å²) >= 11 is 0. The van der Waals surface area contributed by atoms with E-state index in [2.05, 4.69) is 130 Å². The van der Waals surface area contributed by atoms with E-state index < -0.39 is 6.10 Å². The van der Waals surface area contributed by atoms with Gasteiger partial charge in [0, 0.05) is 19.3 Å². The van der Waals surface area contributed by atoms with Crippen LogP contribution < -0.4 is 0 Å². The van der Waals surface area contributed by atoms with Crippen LogP contribution in [0, 0.1) is 0 Å². The number of unbranched alkanes of at least 4 members (excludes halogenated alkanes) is 16. The molecule has 0 fully saturated rings. The zero-order valence-corrected chi connectivity index (χ0v) is 41.3. The fourth-order valence-electron chi connectivity index (χ4n) is 6.60. The second-order valence-corrected chi connectivity index (χ2v) is 16.7. The van der Waals surface area contributed by atoms with Crippen molar-refractivity contribution >= 4 is 17.9 Å². The van der Waals surface area contributed by atoms with Gasteiger partial charge in [0.1, 0.15) is 13.2 Å². The quantitative estimate of drug-likeness (QED) is 0.0262. The molecule has 0 heterocycles. The van der Waals surface area contributed by atoms with Crippen molar-refractivity contribution in [3.8, 4) is 0 Å². The fourth-order valence-corrected chi connectivity index (χ4v) is 6.60. The van der Waals surface area contributed by atoms with E-state index in [0.29, 0.717) is 19.3 Å². The molecule has 64 heavy (non-hydrogen) atoms. The van der Waals surface area contributed by atoms with Crippen LogP contribution >= 0.6 is 0 Å². The van der Waals surface area contributed by atoms with Gasteiger partial charge < -0.3 is 14.2 Å². The lowest BCUT2D eigenvalue weighted by atomic mass is 10.1. The molecule has 0 aromatic heterocycles. The number of ether oxygens (including phenoxy) is 3. The molecule has 0 rings (SSSR count). The first-order chi connectivity index (χ1) is 31.5. The van der Waals surface area contributed by atoms with Crippen LogP contribution in [-0.4, -0.2) is 37.2 Å². The van der Waals surface area contributed by atoms with Gasteiger partial charge in [-0.05, 0) is 116 Å². The molecule has 0 aliphatic carbocycles. The van der Waals surface area contributed by atoms with Crippen molar-refractivity contribution in [2.24, 2.45) is 0 Å². The monoisotopic (exact) mass is 887 g/mol. The summed E-state index contributed by atoms with van der Waals surface area (Å²) in [6.07, 6.45) is 69.3. The summed E-state index contributed by atoms with van der Waals surface area (Å²) < 4.78 is 16.7. The Balaban J connectivity index is 4.39. The molecule has 0 N–H and O–H groups in total. The first-order valence-corrected chi connectivity index (χ1v) is 25.9. The molecular formula is C58H94O6. The van der Waals surface area contributed by atoms with E-state index in [1.165, 1.54) is 19.3 Å². The van der Waals surface area contributed by atoms with Gasteiger partial charge in [-0.1, -0.05) is 194 Å². The van der Waals surface area contributed by atoms with Crippen molar-refractivity contribution in [2.45, 2.75) is 226 Å². The molecule has 0 spiro atoms. The molecule has 0 radical (unpaired) electrons. The highest BCUT2D eigenvalue weighted by molar-refractivity contribution is 5.71. The maximum atomic E-state index is 12.8. The smallest absolute Gasteiger partial charge is 0.306 e. The third-order valence-corrected chi connectivity index (χ3v) is 10.4. The maximum Gasteiger partial charge on any atom is 0.306 e. The van der Waals surface area contributed by atoms with E-state index in [0.717, 1.165) is 161 Å². The number of carbonyl (C=O) groups is 3. The normalized spacial score (nSPS) is 13.0. The van der Waals surface area contributed by atoms with Gasteiger partial charge in [-0.3, -0.25) is 14.4 Å². The molecule has 0 aromatic rings. The molecule has 6 heteroatoms. The summed E-state index contributed by atoms with van der Waals surface area (Å²) in [5.41, 5.74) is 0. The average Bonchev–Trinajstić information content (AvgIpc) is 3.29. The highest BCUT2D eigenvalue weighted by Crippen LogP contribution is 2.13. The second kappa shape index (κ2) is 51.7. The topological polar surface area (TPSA) is 78.9 Å². The van der Waals surface area contributed by atoms with Gasteiger partial charge in [0.25, 0.3) is 0 Å². The summed E-state index contributed by atoms with van der Waals surface area (Å²) in [6.45, 7) is 6.34. The van der Waals surface area contributed by atoms with Crippen LogP contribution in [0.25, 0.3) is 0 Å². The number of hydrogen-bond acceptors (Lipinski definition) is 6. The fraction of sp³-hybridized carbons (Fsp3) is 0.638. The third kappa shape index (κ3) is 49.1. The molecule has 6 nitrogen and oxygen atoms in total. The van der Waals surface area contributed by atoms with Crippen molar-refractivity contribution in [3.63, 3.8) is 0 Å². The van der Waals surface area contributed by atoms with Crippen molar-refractivity contribution in [3.05, 3.63) is 109 Å². The van der Waals surface area contributed by atoms with Crippen LogP contribution in [-0.2, 0) is 28.6 Å². The lowest BCUT2D eigenvalue weighted by Crippen LogP contribution is -2.30. The zero-order chi connectivity index (χ0) is 46.5. The number of esters is 3. The molecule has 0 saturated heterocycles. The highest BCUT2D eigenvalue weighted by Gasteiger charge is 2.19. The first-order valence-electron chi connectivity index (χ1n) is 25.9. The van der Waals surface area contributed by atoms with Crippen molar-refractivity contribution in [1.29, 1.82) is 0 Å². The summed E-state index contributed by atoms with van der Waals surface area (Å²) in [5, 5.41) is 0. The predicted octanol–water partition coefficient (Wildman–Crippen LogP) is 17.1. The summed E-state index contributed by atoms with van der Waals surface area (Å²) in [4.78, 5) is 37.9. The summed E-state index contributed by atoms with van der Waals surface area (Å²) in [6, 6.07) is 0. The van der Waals surface area contributed by atoms with Crippen molar-refractivity contribution in [1.82, 2.24) is 0 Å². The van der Waals surface area contributed by atoms with Gasteiger partial charge >= 0.3 is 17.9 Å². The molecule has 362 valence electrons. The van der Waals surface area contributed by atoms with E-state index in [4.69, 9.17) is 14.2 Å². The molecule has 0 bridgehead atoms. The Kier molecular flexibility index (Phi) is 48.5. The van der Waals surface area contributed by atoms with Gasteiger partial charge in [-0.15, -0.1) is 0 Å². The van der Waals surface area contributed by atoms with Crippen molar-refractivity contribution in [2.75, 3.05) is 13.2 Å². The minimum Gasteiger partial charge on any atom is -0.462 e. The van der Waals surface area contributed by atoms with Crippen LogP contribution in [0.1, 0.15) is 220 Å². The summed E-state index contributed by atoms with van der Waals surface area (Å²) in [5.74, 6) is -0.956. The molecule has 0 aliphatic rings. The number of carbonyl (C=O) groups excluding carboxylic acids is 3. The van der Waals surface area contributed by atoms with Crippen LogP contribution in [0.3, 0.4) is 0 Å². The van der Waals surface area contributed by atoms with Crippen LogP contribution in [0.2, 0.25) is 0 Å². The minimum absolute atomic E-state index is 0.0988. The Bertz CT molecular complexity index is 1340. The van der Waals surface area contributed by atoms with Crippen LogP contribution in [0.5, 0.6) is 0 Å². The molecule has 0 aromatic carbocycles. The molecule has 0 amide bonds. The van der Waals surface area contributed by atoms with Crippen molar-refractivity contribution < 1.29 is 28.6 Å². The lowest BCUT2D eigenvalue weighted by molar-refractivity contribution is -0.167. The van der Waals surface area contributed by atoms with Gasteiger partial charge in [-0.2, -0.15) is 0 Å². The van der Waals surface area contributed by atoms with Crippen LogP contribution in [0.15, 0.2) is 109 Å². The van der Waals surface area contributed by atoms with Gasteiger partial charge in [0.05, 0.1) is 0 Å². The van der Waals surface area contributed by atoms with E-state index in [9.17, 15) is 14.4 Å². The van der Waals surface area contributed by atoms with Gasteiger partial charge in [0.15, 0.2) is 6.10 Å². The van der Waals surface area contributed by atoms with E-state index in [-0.39, 0.29) is 31.1 Å². The van der Waals surface area contributed by atoms with E-state index in [1.54, 1.807) is 0 Å². The minimum atomic E-state index is -0.800. The van der Waals surface area contributed by atoms with E-state index in [1.807, 2.05) is 0 Å². The Hall–Kier alpha value is -3.93.